The third-order valence-corrected chi connectivity index (χ3v) is 5.12. The van der Waals surface area contributed by atoms with Crippen molar-refractivity contribution in [2.24, 2.45) is 23.2 Å². The van der Waals surface area contributed by atoms with Crippen LogP contribution in [0.3, 0.4) is 0 Å². The zero-order valence-electron chi connectivity index (χ0n) is 11.0. The molecule has 16 heavy (non-hydrogen) atoms. The van der Waals surface area contributed by atoms with Crippen LogP contribution >= 0.6 is 0 Å². The summed E-state index contributed by atoms with van der Waals surface area (Å²) < 4.78 is 0. The van der Waals surface area contributed by atoms with Gasteiger partial charge in [0, 0.05) is 5.92 Å². The second-order valence-electron chi connectivity index (χ2n) is 6.58. The van der Waals surface area contributed by atoms with Gasteiger partial charge < -0.3 is 5.11 Å². The maximum Gasteiger partial charge on any atom is 0.0641 e. The Kier molecular flexibility index (Phi) is 3.18. The van der Waals surface area contributed by atoms with Gasteiger partial charge in [-0.15, -0.1) is 0 Å². The van der Waals surface area contributed by atoms with Crippen LogP contribution in [0.15, 0.2) is 12.2 Å². The Bertz CT molecular complexity index is 281. The highest BCUT2D eigenvalue weighted by Gasteiger charge is 2.48. The Morgan fingerprint density at radius 3 is 2.69 bits per heavy atom. The predicted molar refractivity (Wildman–Crippen MR) is 68.2 cm³/mol. The molecule has 2 fully saturated rings. The van der Waals surface area contributed by atoms with Gasteiger partial charge in [0.15, 0.2) is 0 Å². The molecule has 1 unspecified atom stereocenters. The number of aliphatic hydroxyl groups is 1. The van der Waals surface area contributed by atoms with Gasteiger partial charge in [0.2, 0.25) is 0 Å². The van der Waals surface area contributed by atoms with Crippen LogP contribution in [0.25, 0.3) is 0 Å². The molecule has 0 aliphatic heterocycles. The lowest BCUT2D eigenvalue weighted by atomic mass is 9.54. The molecule has 1 nitrogen and oxygen atoms in total. The summed E-state index contributed by atoms with van der Waals surface area (Å²) in [6.07, 6.45) is 5.99. The first kappa shape index (κ1) is 12.2. The van der Waals surface area contributed by atoms with E-state index in [2.05, 4.69) is 27.4 Å². The molecule has 2 aliphatic rings. The molecular weight excluding hydrogens is 196 g/mol. The van der Waals surface area contributed by atoms with Crippen LogP contribution in [-0.2, 0) is 0 Å². The molecule has 0 aromatic heterocycles. The smallest absolute Gasteiger partial charge is 0.0641 e. The largest absolute Gasteiger partial charge is 0.392 e. The molecule has 4 atom stereocenters. The Hall–Kier alpha value is -0.300. The first-order valence-corrected chi connectivity index (χ1v) is 6.81. The molecule has 0 aromatic rings. The minimum Gasteiger partial charge on any atom is -0.392 e. The lowest BCUT2D eigenvalue weighted by Gasteiger charge is -2.52. The summed E-state index contributed by atoms with van der Waals surface area (Å²) in [6, 6.07) is 0. The molecule has 1 N–H and O–H groups in total. The van der Waals surface area contributed by atoms with Crippen molar-refractivity contribution in [1.82, 2.24) is 0 Å². The van der Waals surface area contributed by atoms with Crippen molar-refractivity contribution in [1.29, 1.82) is 0 Å². The van der Waals surface area contributed by atoms with Crippen LogP contribution in [0.2, 0.25) is 0 Å². The molecule has 2 rings (SSSR count). The molecule has 0 radical (unpaired) electrons. The van der Waals surface area contributed by atoms with Crippen molar-refractivity contribution in [3.8, 4) is 0 Å². The lowest BCUT2D eigenvalue weighted by molar-refractivity contribution is -0.0669. The topological polar surface area (TPSA) is 20.2 Å². The number of hydrogen-bond acceptors (Lipinski definition) is 1. The Balaban J connectivity index is 2.24. The third-order valence-electron chi connectivity index (χ3n) is 5.12. The molecule has 0 spiro atoms. The summed E-state index contributed by atoms with van der Waals surface area (Å²) in [6.45, 7) is 11.1. The van der Waals surface area contributed by atoms with Crippen molar-refractivity contribution < 1.29 is 5.11 Å². The van der Waals surface area contributed by atoms with E-state index in [1.807, 2.05) is 0 Å². The van der Waals surface area contributed by atoms with Gasteiger partial charge in [-0.3, -0.25) is 0 Å². The second kappa shape index (κ2) is 4.18. The van der Waals surface area contributed by atoms with Crippen LogP contribution < -0.4 is 0 Å². The van der Waals surface area contributed by atoms with E-state index in [-0.39, 0.29) is 6.10 Å². The highest BCUT2D eigenvalue weighted by Crippen LogP contribution is 2.54. The van der Waals surface area contributed by atoms with Crippen molar-refractivity contribution in [3.05, 3.63) is 12.2 Å². The normalized spacial score (nSPS) is 44.6. The van der Waals surface area contributed by atoms with Crippen LogP contribution in [-0.4, -0.2) is 11.2 Å². The van der Waals surface area contributed by atoms with Gasteiger partial charge in [0.25, 0.3) is 0 Å². The molecule has 0 heterocycles. The summed E-state index contributed by atoms with van der Waals surface area (Å²) in [5, 5.41) is 10.6. The zero-order chi connectivity index (χ0) is 11.9. The van der Waals surface area contributed by atoms with Gasteiger partial charge in [-0.25, -0.2) is 0 Å². The fourth-order valence-electron chi connectivity index (χ4n) is 4.10. The minimum atomic E-state index is -0.147. The fourth-order valence-corrected chi connectivity index (χ4v) is 4.10. The van der Waals surface area contributed by atoms with Crippen molar-refractivity contribution in [3.63, 3.8) is 0 Å². The molecule has 2 saturated carbocycles. The van der Waals surface area contributed by atoms with E-state index in [1.165, 1.54) is 31.3 Å². The van der Waals surface area contributed by atoms with Gasteiger partial charge in [-0.05, 0) is 49.4 Å². The van der Waals surface area contributed by atoms with Gasteiger partial charge in [-0.1, -0.05) is 32.9 Å². The maximum absolute atomic E-state index is 10.6. The molecule has 1 heteroatoms. The quantitative estimate of drug-likeness (QED) is 0.669. The van der Waals surface area contributed by atoms with E-state index in [1.54, 1.807) is 0 Å². The molecular formula is C15H26O. The van der Waals surface area contributed by atoms with Gasteiger partial charge >= 0.3 is 0 Å². The predicted octanol–water partition coefficient (Wildman–Crippen LogP) is 3.78. The molecule has 0 aromatic carbocycles. The number of aliphatic hydroxyl groups excluding tert-OH is 1. The summed E-state index contributed by atoms with van der Waals surface area (Å²) >= 11 is 0. The highest BCUT2D eigenvalue weighted by atomic mass is 16.3. The summed E-state index contributed by atoms with van der Waals surface area (Å²) in [5.74, 6) is 1.43. The summed E-state index contributed by atoms with van der Waals surface area (Å²) in [7, 11) is 0. The molecule has 0 bridgehead atoms. The monoisotopic (exact) mass is 222 g/mol. The van der Waals surface area contributed by atoms with Crippen LogP contribution in [0.1, 0.15) is 52.9 Å². The van der Waals surface area contributed by atoms with Crippen LogP contribution in [0.5, 0.6) is 0 Å². The molecule has 0 saturated heterocycles. The average Bonchev–Trinajstić information content (AvgIpc) is 2.16. The maximum atomic E-state index is 10.6. The van der Waals surface area contributed by atoms with E-state index in [0.29, 0.717) is 23.2 Å². The standard InChI is InChI=1S/C15H26O/c1-10(2)12-7-9-15(4)8-5-6-11(3)13(15)14(12)16/h10,12-14,16H,3,5-9H2,1-2,4H3/t12?,13-,14+,15-/m1/s1. The number of hydrogen-bond donors (Lipinski definition) is 1. The zero-order valence-corrected chi connectivity index (χ0v) is 11.0. The van der Waals surface area contributed by atoms with E-state index in [0.717, 1.165) is 6.42 Å². The van der Waals surface area contributed by atoms with Gasteiger partial charge in [0.05, 0.1) is 6.10 Å². The van der Waals surface area contributed by atoms with E-state index in [4.69, 9.17) is 0 Å². The number of rotatable bonds is 1. The fraction of sp³-hybridized carbons (Fsp3) is 0.867. The third kappa shape index (κ3) is 1.84. The summed E-state index contributed by atoms with van der Waals surface area (Å²) in [4.78, 5) is 0. The van der Waals surface area contributed by atoms with E-state index < -0.39 is 0 Å². The molecule has 92 valence electrons. The minimum absolute atomic E-state index is 0.147. The first-order valence-electron chi connectivity index (χ1n) is 6.81. The molecule has 0 amide bonds. The second-order valence-corrected chi connectivity index (χ2v) is 6.58. The Morgan fingerprint density at radius 2 is 2.06 bits per heavy atom. The van der Waals surface area contributed by atoms with Crippen molar-refractivity contribution in [2.45, 2.75) is 59.0 Å². The number of fused-ring (bicyclic) bond motifs is 1. The van der Waals surface area contributed by atoms with E-state index in [9.17, 15) is 5.11 Å². The highest BCUT2D eigenvalue weighted by molar-refractivity contribution is 5.15. The van der Waals surface area contributed by atoms with E-state index >= 15 is 0 Å². The van der Waals surface area contributed by atoms with Crippen LogP contribution in [0.4, 0.5) is 0 Å². The van der Waals surface area contributed by atoms with Gasteiger partial charge in [0.1, 0.15) is 0 Å². The Labute approximate surface area is 99.9 Å². The lowest BCUT2D eigenvalue weighted by Crippen LogP contribution is -2.48. The molecule has 2 aliphatic carbocycles. The van der Waals surface area contributed by atoms with Crippen LogP contribution in [0, 0.1) is 23.2 Å². The first-order chi connectivity index (χ1) is 7.46. The van der Waals surface area contributed by atoms with Gasteiger partial charge in [-0.2, -0.15) is 0 Å². The average molecular weight is 222 g/mol. The Morgan fingerprint density at radius 1 is 1.38 bits per heavy atom. The summed E-state index contributed by atoms with van der Waals surface area (Å²) in [5.41, 5.74) is 1.65. The SMILES string of the molecule is C=C1CCC[C@]2(C)CCC(C(C)C)[C@H](O)[C@@H]12. The van der Waals surface area contributed by atoms with Crippen molar-refractivity contribution >= 4 is 0 Å². The van der Waals surface area contributed by atoms with Crippen molar-refractivity contribution in [2.75, 3.05) is 0 Å².